The third-order valence-electron chi connectivity index (χ3n) is 3.08. The summed E-state index contributed by atoms with van der Waals surface area (Å²) < 4.78 is 14.7. The molecule has 0 bridgehead atoms. The van der Waals surface area contributed by atoms with Crippen molar-refractivity contribution in [1.82, 2.24) is 5.32 Å². The highest BCUT2D eigenvalue weighted by molar-refractivity contribution is 5.90. The molecule has 1 N–H and O–H groups in total. The van der Waals surface area contributed by atoms with Crippen molar-refractivity contribution in [3.05, 3.63) is 54.0 Å². The Morgan fingerprint density at radius 1 is 1.23 bits per heavy atom. The highest BCUT2D eigenvalue weighted by Gasteiger charge is 2.13. The van der Waals surface area contributed by atoms with E-state index in [4.69, 9.17) is 13.9 Å². The number of carbonyl (C=O) groups excluding carboxylic acids is 2. The molecule has 1 atom stereocenters. The minimum atomic E-state index is -0.596. The third-order valence-corrected chi connectivity index (χ3v) is 3.08. The molecule has 6 nitrogen and oxygen atoms in total. The topological polar surface area (TPSA) is 77.8 Å². The molecule has 2 aromatic rings. The summed E-state index contributed by atoms with van der Waals surface area (Å²) in [6, 6.07) is 8.63. The summed E-state index contributed by atoms with van der Waals surface area (Å²) in [6.07, 6.45) is 2.63. The molecule has 1 amide bonds. The van der Waals surface area contributed by atoms with Gasteiger partial charge in [-0.3, -0.25) is 4.79 Å². The van der Waals surface area contributed by atoms with Gasteiger partial charge in [-0.25, -0.2) is 4.79 Å². The van der Waals surface area contributed by atoms with Gasteiger partial charge in [-0.05, 0) is 30.7 Å². The molecule has 0 saturated carbocycles. The standard InChI is InChI=1S/C16H17NO5/c1-11(12-3-5-14(20-2)6-4-12)17-15(18)10-22-16(19)13-7-8-21-9-13/h3-9,11H,10H2,1-2H3,(H,17,18). The first-order chi connectivity index (χ1) is 10.6. The van der Waals surface area contributed by atoms with Gasteiger partial charge in [0.05, 0.1) is 25.0 Å². The number of hydrogen-bond acceptors (Lipinski definition) is 5. The van der Waals surface area contributed by atoms with Crippen LogP contribution < -0.4 is 10.1 Å². The maximum Gasteiger partial charge on any atom is 0.341 e. The van der Waals surface area contributed by atoms with Crippen LogP contribution >= 0.6 is 0 Å². The maximum atomic E-state index is 11.8. The number of furan rings is 1. The monoisotopic (exact) mass is 303 g/mol. The molecule has 0 saturated heterocycles. The summed E-state index contributed by atoms with van der Waals surface area (Å²) in [4.78, 5) is 23.3. The van der Waals surface area contributed by atoms with E-state index < -0.39 is 5.97 Å². The van der Waals surface area contributed by atoms with Crippen LogP contribution in [0.4, 0.5) is 0 Å². The largest absolute Gasteiger partial charge is 0.497 e. The van der Waals surface area contributed by atoms with Crippen molar-refractivity contribution in [3.63, 3.8) is 0 Å². The Morgan fingerprint density at radius 2 is 1.95 bits per heavy atom. The summed E-state index contributed by atoms with van der Waals surface area (Å²) in [7, 11) is 1.59. The zero-order valence-electron chi connectivity index (χ0n) is 12.4. The molecule has 22 heavy (non-hydrogen) atoms. The molecule has 0 aliphatic heterocycles. The van der Waals surface area contributed by atoms with Crippen molar-refractivity contribution in [3.8, 4) is 5.75 Å². The van der Waals surface area contributed by atoms with Crippen LogP contribution in [0.5, 0.6) is 5.75 Å². The van der Waals surface area contributed by atoms with Crippen molar-refractivity contribution in [2.24, 2.45) is 0 Å². The highest BCUT2D eigenvalue weighted by Crippen LogP contribution is 2.17. The van der Waals surface area contributed by atoms with E-state index in [2.05, 4.69) is 5.32 Å². The van der Waals surface area contributed by atoms with Gasteiger partial charge in [0.25, 0.3) is 5.91 Å². The van der Waals surface area contributed by atoms with Crippen LogP contribution in [0.15, 0.2) is 47.3 Å². The molecule has 0 spiro atoms. The molecule has 0 aliphatic rings. The zero-order valence-corrected chi connectivity index (χ0v) is 12.4. The number of ether oxygens (including phenoxy) is 2. The molecule has 0 radical (unpaired) electrons. The van der Waals surface area contributed by atoms with Crippen molar-refractivity contribution >= 4 is 11.9 Å². The van der Waals surface area contributed by atoms with E-state index in [1.807, 2.05) is 31.2 Å². The van der Waals surface area contributed by atoms with Gasteiger partial charge in [0.15, 0.2) is 6.61 Å². The first-order valence-electron chi connectivity index (χ1n) is 6.73. The van der Waals surface area contributed by atoms with E-state index >= 15 is 0 Å². The van der Waals surface area contributed by atoms with E-state index in [9.17, 15) is 9.59 Å². The molecule has 6 heteroatoms. The smallest absolute Gasteiger partial charge is 0.341 e. The second kappa shape index (κ2) is 7.31. The molecule has 1 unspecified atom stereocenters. The maximum absolute atomic E-state index is 11.8. The number of nitrogens with one attached hydrogen (secondary N) is 1. The van der Waals surface area contributed by atoms with Gasteiger partial charge >= 0.3 is 5.97 Å². The van der Waals surface area contributed by atoms with E-state index in [-0.39, 0.29) is 24.1 Å². The Kier molecular flexibility index (Phi) is 5.19. The minimum absolute atomic E-state index is 0.203. The van der Waals surface area contributed by atoms with Gasteiger partial charge in [0, 0.05) is 0 Å². The van der Waals surface area contributed by atoms with Gasteiger partial charge in [-0.15, -0.1) is 0 Å². The first-order valence-corrected chi connectivity index (χ1v) is 6.73. The Bertz CT molecular complexity index is 618. The summed E-state index contributed by atoms with van der Waals surface area (Å²) in [5.74, 6) is -0.225. The average Bonchev–Trinajstić information content (AvgIpc) is 3.07. The summed E-state index contributed by atoms with van der Waals surface area (Å²) >= 11 is 0. The summed E-state index contributed by atoms with van der Waals surface area (Å²) in [6.45, 7) is 1.50. The normalized spacial score (nSPS) is 11.5. The number of esters is 1. The number of carbonyl (C=O) groups is 2. The SMILES string of the molecule is COc1ccc(C(C)NC(=O)COC(=O)c2ccoc2)cc1. The van der Waals surface area contributed by atoms with Gasteiger partial charge < -0.3 is 19.2 Å². The fourth-order valence-electron chi connectivity index (χ4n) is 1.85. The van der Waals surface area contributed by atoms with E-state index in [0.717, 1.165) is 11.3 Å². The fraction of sp³-hybridized carbons (Fsp3) is 0.250. The molecular formula is C16H17NO5. The lowest BCUT2D eigenvalue weighted by Crippen LogP contribution is -2.31. The second-order valence-electron chi connectivity index (χ2n) is 4.65. The van der Waals surface area contributed by atoms with Crippen LogP contribution in [0.1, 0.15) is 28.9 Å². The number of benzene rings is 1. The lowest BCUT2D eigenvalue weighted by Gasteiger charge is -2.14. The molecule has 1 aromatic heterocycles. The van der Waals surface area contributed by atoms with Crippen LogP contribution in [0.3, 0.4) is 0 Å². The van der Waals surface area contributed by atoms with Gasteiger partial charge in [-0.2, -0.15) is 0 Å². The molecule has 1 aromatic carbocycles. The predicted molar refractivity (Wildman–Crippen MR) is 78.5 cm³/mol. The highest BCUT2D eigenvalue weighted by atomic mass is 16.5. The number of hydrogen-bond donors (Lipinski definition) is 1. The number of amides is 1. The average molecular weight is 303 g/mol. The van der Waals surface area contributed by atoms with Crippen molar-refractivity contribution in [2.75, 3.05) is 13.7 Å². The molecule has 0 fully saturated rings. The third kappa shape index (κ3) is 4.12. The zero-order chi connectivity index (χ0) is 15.9. The van der Waals surface area contributed by atoms with Gasteiger partial charge in [-0.1, -0.05) is 12.1 Å². The van der Waals surface area contributed by atoms with Crippen LogP contribution in [0.2, 0.25) is 0 Å². The quantitative estimate of drug-likeness (QED) is 0.829. The Labute approximate surface area is 128 Å². The predicted octanol–water partition coefficient (Wildman–Crippen LogP) is 2.32. The van der Waals surface area contributed by atoms with Crippen LogP contribution in [0, 0.1) is 0 Å². The number of rotatable bonds is 6. The molecule has 0 aliphatic carbocycles. The van der Waals surface area contributed by atoms with Crippen LogP contribution in [-0.2, 0) is 9.53 Å². The Hall–Kier alpha value is -2.76. The second-order valence-corrected chi connectivity index (χ2v) is 4.65. The first kappa shape index (κ1) is 15.6. The van der Waals surface area contributed by atoms with Crippen molar-refractivity contribution in [1.29, 1.82) is 0 Å². The molecular weight excluding hydrogens is 286 g/mol. The van der Waals surface area contributed by atoms with E-state index in [1.54, 1.807) is 7.11 Å². The number of methoxy groups -OCH3 is 1. The van der Waals surface area contributed by atoms with Crippen LogP contribution in [0.25, 0.3) is 0 Å². The van der Waals surface area contributed by atoms with E-state index in [1.165, 1.54) is 18.6 Å². The van der Waals surface area contributed by atoms with Crippen molar-refractivity contribution in [2.45, 2.75) is 13.0 Å². The minimum Gasteiger partial charge on any atom is -0.497 e. The van der Waals surface area contributed by atoms with Crippen molar-refractivity contribution < 1.29 is 23.5 Å². The lowest BCUT2D eigenvalue weighted by molar-refractivity contribution is -0.124. The van der Waals surface area contributed by atoms with Gasteiger partial charge in [0.1, 0.15) is 12.0 Å². The van der Waals surface area contributed by atoms with E-state index in [0.29, 0.717) is 0 Å². The Balaban J connectivity index is 1.81. The summed E-state index contributed by atoms with van der Waals surface area (Å²) in [5.41, 5.74) is 1.20. The molecule has 1 heterocycles. The van der Waals surface area contributed by atoms with Crippen LogP contribution in [-0.4, -0.2) is 25.6 Å². The fourth-order valence-corrected chi connectivity index (χ4v) is 1.85. The Morgan fingerprint density at radius 3 is 2.55 bits per heavy atom. The van der Waals surface area contributed by atoms with Gasteiger partial charge in [0.2, 0.25) is 0 Å². The molecule has 2 rings (SSSR count). The molecule has 116 valence electrons. The summed E-state index contributed by atoms with van der Waals surface area (Å²) in [5, 5.41) is 2.75. The lowest BCUT2D eigenvalue weighted by atomic mass is 10.1.